The van der Waals surface area contributed by atoms with Crippen molar-refractivity contribution in [1.29, 1.82) is 0 Å². The van der Waals surface area contributed by atoms with Crippen LogP contribution in [0.2, 0.25) is 0 Å². The molecule has 78 valence electrons. The van der Waals surface area contributed by atoms with Gasteiger partial charge in [0, 0.05) is 11.1 Å². The summed E-state index contributed by atoms with van der Waals surface area (Å²) in [4.78, 5) is 0. The summed E-state index contributed by atoms with van der Waals surface area (Å²) in [7, 11) is 0. The second-order valence-corrected chi connectivity index (χ2v) is 3.47. The van der Waals surface area contributed by atoms with Crippen LogP contribution in [0.5, 0.6) is 0 Å². The Morgan fingerprint density at radius 3 is 2.60 bits per heavy atom. The predicted octanol–water partition coefficient (Wildman–Crippen LogP) is 3.53. The maximum Gasteiger partial charge on any atom is 0.138 e. The molecule has 2 rings (SSSR count). The van der Waals surface area contributed by atoms with Gasteiger partial charge in [-0.3, -0.25) is 0 Å². The highest BCUT2D eigenvalue weighted by molar-refractivity contribution is 6.17. The third-order valence-corrected chi connectivity index (χ3v) is 2.50. The molecule has 0 atom stereocenters. The van der Waals surface area contributed by atoms with E-state index in [1.54, 1.807) is 19.1 Å². The molecule has 0 aliphatic rings. The Kier molecular flexibility index (Phi) is 2.73. The van der Waals surface area contributed by atoms with Crippen LogP contribution in [0.4, 0.5) is 4.39 Å². The van der Waals surface area contributed by atoms with Crippen molar-refractivity contribution in [3.63, 3.8) is 0 Å². The van der Waals surface area contributed by atoms with Crippen molar-refractivity contribution in [2.45, 2.75) is 12.8 Å². The van der Waals surface area contributed by atoms with Gasteiger partial charge in [-0.25, -0.2) is 4.39 Å². The third-order valence-electron chi connectivity index (χ3n) is 2.24. The lowest BCUT2D eigenvalue weighted by molar-refractivity contribution is 0.398. The number of nitrogens with zero attached hydrogens (tertiary/aromatic N) is 1. The monoisotopic (exact) mass is 225 g/mol. The molecule has 0 amide bonds. The van der Waals surface area contributed by atoms with Gasteiger partial charge < -0.3 is 4.52 Å². The Morgan fingerprint density at radius 1 is 1.33 bits per heavy atom. The minimum atomic E-state index is -0.272. The first-order valence-electron chi connectivity index (χ1n) is 4.49. The molecule has 0 spiro atoms. The molecule has 0 fully saturated rings. The molecule has 0 saturated heterocycles. The molecule has 0 N–H and O–H groups in total. The summed E-state index contributed by atoms with van der Waals surface area (Å²) < 4.78 is 17.8. The van der Waals surface area contributed by atoms with Gasteiger partial charge in [-0.05, 0) is 31.2 Å². The Balaban J connectivity index is 2.49. The van der Waals surface area contributed by atoms with E-state index in [0.29, 0.717) is 17.3 Å². The smallest absolute Gasteiger partial charge is 0.138 e. The maximum atomic E-state index is 12.7. The summed E-state index contributed by atoms with van der Waals surface area (Å²) in [6, 6.07) is 6.08. The molecule has 15 heavy (non-hydrogen) atoms. The lowest BCUT2D eigenvalue weighted by atomic mass is 10.1. The molecule has 2 aromatic rings. The molecule has 1 heterocycles. The van der Waals surface area contributed by atoms with E-state index in [1.807, 2.05) is 0 Å². The second-order valence-electron chi connectivity index (χ2n) is 3.21. The number of rotatable bonds is 2. The highest BCUT2D eigenvalue weighted by atomic mass is 35.5. The van der Waals surface area contributed by atoms with Gasteiger partial charge in [0.2, 0.25) is 0 Å². The summed E-state index contributed by atoms with van der Waals surface area (Å²) in [6.07, 6.45) is 0. The van der Waals surface area contributed by atoms with Gasteiger partial charge in [0.25, 0.3) is 0 Å². The second kappa shape index (κ2) is 4.03. The number of aromatic nitrogens is 1. The molecule has 0 aliphatic heterocycles. The summed E-state index contributed by atoms with van der Waals surface area (Å²) in [6.45, 7) is 1.80. The molecular weight excluding hydrogens is 217 g/mol. The van der Waals surface area contributed by atoms with Crippen molar-refractivity contribution < 1.29 is 8.91 Å². The topological polar surface area (TPSA) is 26.0 Å². The molecule has 2 nitrogen and oxygen atoms in total. The Bertz CT molecular complexity index is 464. The number of aryl methyl sites for hydroxylation is 1. The van der Waals surface area contributed by atoms with E-state index in [1.165, 1.54) is 12.1 Å². The van der Waals surface area contributed by atoms with Crippen molar-refractivity contribution in [2.75, 3.05) is 0 Å². The van der Waals surface area contributed by atoms with Crippen molar-refractivity contribution in [3.8, 4) is 11.3 Å². The first-order chi connectivity index (χ1) is 7.22. The van der Waals surface area contributed by atoms with Crippen molar-refractivity contribution in [1.82, 2.24) is 5.16 Å². The van der Waals surface area contributed by atoms with E-state index in [4.69, 9.17) is 16.1 Å². The zero-order chi connectivity index (χ0) is 10.8. The van der Waals surface area contributed by atoms with Crippen molar-refractivity contribution >= 4 is 11.6 Å². The standard InChI is InChI=1S/C11H9ClFNO/c1-7-10(6-12)11(14-15-7)8-2-4-9(13)5-3-8/h2-5H,6H2,1H3. The Hall–Kier alpha value is -1.35. The number of alkyl halides is 1. The average molecular weight is 226 g/mol. The van der Waals surface area contributed by atoms with E-state index in [2.05, 4.69) is 5.16 Å². The zero-order valence-corrected chi connectivity index (χ0v) is 8.88. The van der Waals surface area contributed by atoms with Crippen LogP contribution in [0.3, 0.4) is 0 Å². The van der Waals surface area contributed by atoms with Gasteiger partial charge in [0.05, 0.1) is 5.88 Å². The molecule has 0 bridgehead atoms. The lowest BCUT2D eigenvalue weighted by Crippen LogP contribution is -1.85. The Morgan fingerprint density at radius 2 is 2.00 bits per heavy atom. The van der Waals surface area contributed by atoms with Crippen LogP contribution in [0.1, 0.15) is 11.3 Å². The van der Waals surface area contributed by atoms with Crippen LogP contribution in [0.15, 0.2) is 28.8 Å². The van der Waals surface area contributed by atoms with E-state index >= 15 is 0 Å². The number of hydrogen-bond acceptors (Lipinski definition) is 2. The minimum Gasteiger partial charge on any atom is -0.361 e. The first-order valence-corrected chi connectivity index (χ1v) is 5.03. The van der Waals surface area contributed by atoms with Crippen LogP contribution < -0.4 is 0 Å². The van der Waals surface area contributed by atoms with E-state index in [-0.39, 0.29) is 5.82 Å². The predicted molar refractivity (Wildman–Crippen MR) is 56.2 cm³/mol. The SMILES string of the molecule is Cc1onc(-c2ccc(F)cc2)c1CCl. The first kappa shape index (κ1) is 10.2. The Labute approximate surface area is 91.7 Å². The van der Waals surface area contributed by atoms with Crippen LogP contribution >= 0.6 is 11.6 Å². The summed E-state index contributed by atoms with van der Waals surface area (Å²) in [5.74, 6) is 0.762. The lowest BCUT2D eigenvalue weighted by Gasteiger charge is -1.98. The quantitative estimate of drug-likeness (QED) is 0.731. The van der Waals surface area contributed by atoms with Crippen LogP contribution in [-0.2, 0) is 5.88 Å². The van der Waals surface area contributed by atoms with Crippen LogP contribution in [0.25, 0.3) is 11.3 Å². The van der Waals surface area contributed by atoms with E-state index < -0.39 is 0 Å². The molecule has 1 aromatic carbocycles. The van der Waals surface area contributed by atoms with Gasteiger partial charge in [0.15, 0.2) is 0 Å². The normalized spacial score (nSPS) is 10.6. The van der Waals surface area contributed by atoms with Gasteiger partial charge in [-0.15, -0.1) is 11.6 Å². The molecule has 4 heteroatoms. The average Bonchev–Trinajstić information content (AvgIpc) is 2.61. The molecule has 0 unspecified atom stereocenters. The highest BCUT2D eigenvalue weighted by Gasteiger charge is 2.13. The van der Waals surface area contributed by atoms with Gasteiger partial charge in [-0.2, -0.15) is 0 Å². The fourth-order valence-electron chi connectivity index (χ4n) is 1.38. The van der Waals surface area contributed by atoms with Crippen LogP contribution in [-0.4, -0.2) is 5.16 Å². The van der Waals surface area contributed by atoms with E-state index in [9.17, 15) is 4.39 Å². The van der Waals surface area contributed by atoms with Gasteiger partial charge >= 0.3 is 0 Å². The van der Waals surface area contributed by atoms with Gasteiger partial charge in [0.1, 0.15) is 17.3 Å². The molecule has 1 aromatic heterocycles. The number of benzene rings is 1. The largest absolute Gasteiger partial charge is 0.361 e. The fourth-order valence-corrected chi connectivity index (χ4v) is 1.70. The summed E-state index contributed by atoms with van der Waals surface area (Å²) in [5, 5.41) is 3.90. The summed E-state index contributed by atoms with van der Waals surface area (Å²) in [5.41, 5.74) is 2.34. The molecule has 0 aliphatic carbocycles. The van der Waals surface area contributed by atoms with Crippen LogP contribution in [0, 0.1) is 12.7 Å². The third kappa shape index (κ3) is 1.88. The van der Waals surface area contributed by atoms with Crippen molar-refractivity contribution in [2.24, 2.45) is 0 Å². The maximum absolute atomic E-state index is 12.7. The van der Waals surface area contributed by atoms with Gasteiger partial charge in [-0.1, -0.05) is 5.16 Å². The zero-order valence-electron chi connectivity index (χ0n) is 8.13. The van der Waals surface area contributed by atoms with E-state index in [0.717, 1.165) is 11.1 Å². The fraction of sp³-hybridized carbons (Fsp3) is 0.182. The number of hydrogen-bond donors (Lipinski definition) is 0. The van der Waals surface area contributed by atoms with Crippen molar-refractivity contribution in [3.05, 3.63) is 41.4 Å². The molecule has 0 saturated carbocycles. The summed E-state index contributed by atoms with van der Waals surface area (Å²) >= 11 is 5.79. The molecule has 0 radical (unpaired) electrons. The highest BCUT2D eigenvalue weighted by Crippen LogP contribution is 2.26. The minimum absolute atomic E-state index is 0.272. The number of halogens is 2. The molecular formula is C11H9ClFNO.